The van der Waals surface area contributed by atoms with Crippen LogP contribution in [-0.2, 0) is 0 Å². The number of hydrogen-bond acceptors (Lipinski definition) is 2. The molecule has 1 aromatic rings. The van der Waals surface area contributed by atoms with Crippen LogP contribution in [-0.4, -0.2) is 18.1 Å². The van der Waals surface area contributed by atoms with E-state index in [4.69, 9.17) is 11.6 Å². The van der Waals surface area contributed by atoms with E-state index < -0.39 is 0 Å². The first-order chi connectivity index (χ1) is 6.75. The Morgan fingerprint density at radius 1 is 1.50 bits per heavy atom. The van der Waals surface area contributed by atoms with E-state index in [0.29, 0.717) is 5.15 Å². The van der Waals surface area contributed by atoms with E-state index in [0.717, 1.165) is 24.8 Å². The monoisotopic (exact) mass is 210 g/mol. The largest absolute Gasteiger partial charge is 0.356 e. The van der Waals surface area contributed by atoms with Crippen LogP contribution in [0.1, 0.15) is 19.8 Å². The number of aromatic nitrogens is 1. The molecule has 1 saturated heterocycles. The molecule has 1 aromatic heterocycles. The molecule has 1 fully saturated rings. The van der Waals surface area contributed by atoms with Crippen LogP contribution < -0.4 is 4.90 Å². The van der Waals surface area contributed by atoms with Gasteiger partial charge in [0.25, 0.3) is 0 Å². The van der Waals surface area contributed by atoms with Gasteiger partial charge in [-0.05, 0) is 30.9 Å². The summed E-state index contributed by atoms with van der Waals surface area (Å²) in [5, 5.41) is 0.584. The molecule has 1 aliphatic rings. The highest BCUT2D eigenvalue weighted by atomic mass is 35.5. The third-order valence-corrected chi connectivity index (χ3v) is 2.89. The summed E-state index contributed by atoms with van der Waals surface area (Å²) in [5.74, 6) is 1.79. The Labute approximate surface area is 89.9 Å². The van der Waals surface area contributed by atoms with E-state index in [1.54, 1.807) is 0 Å². The van der Waals surface area contributed by atoms with Crippen molar-refractivity contribution in [2.45, 2.75) is 19.8 Å². The molecule has 1 unspecified atom stereocenters. The van der Waals surface area contributed by atoms with Crippen LogP contribution in [0, 0.1) is 5.92 Å². The normalized spacial score (nSPS) is 22.4. The molecular formula is C11H15ClN2. The van der Waals surface area contributed by atoms with Crippen molar-refractivity contribution in [1.29, 1.82) is 0 Å². The number of hydrogen-bond donors (Lipinski definition) is 0. The Balaban J connectivity index is 2.14. The second-order valence-electron chi connectivity index (χ2n) is 4.01. The lowest BCUT2D eigenvalue weighted by Crippen LogP contribution is -2.34. The van der Waals surface area contributed by atoms with Crippen molar-refractivity contribution in [2.75, 3.05) is 18.0 Å². The van der Waals surface area contributed by atoms with Crippen LogP contribution in [0.5, 0.6) is 0 Å². The van der Waals surface area contributed by atoms with Gasteiger partial charge in [-0.15, -0.1) is 0 Å². The van der Waals surface area contributed by atoms with Crippen molar-refractivity contribution in [1.82, 2.24) is 4.98 Å². The number of nitrogens with zero attached hydrogens (tertiary/aromatic N) is 2. The van der Waals surface area contributed by atoms with Crippen LogP contribution in [0.4, 0.5) is 5.82 Å². The van der Waals surface area contributed by atoms with Crippen molar-refractivity contribution in [2.24, 2.45) is 5.92 Å². The number of halogens is 1. The van der Waals surface area contributed by atoms with E-state index in [1.165, 1.54) is 12.8 Å². The minimum atomic E-state index is 0.584. The van der Waals surface area contributed by atoms with Crippen molar-refractivity contribution >= 4 is 17.4 Å². The van der Waals surface area contributed by atoms with E-state index in [9.17, 15) is 0 Å². The van der Waals surface area contributed by atoms with Crippen molar-refractivity contribution in [3.8, 4) is 0 Å². The number of rotatable bonds is 1. The smallest absolute Gasteiger partial charge is 0.131 e. The molecule has 0 spiro atoms. The summed E-state index contributed by atoms with van der Waals surface area (Å²) in [7, 11) is 0. The van der Waals surface area contributed by atoms with E-state index in [1.807, 2.05) is 18.2 Å². The number of anilines is 1. The molecule has 14 heavy (non-hydrogen) atoms. The molecule has 0 bridgehead atoms. The van der Waals surface area contributed by atoms with Crippen molar-refractivity contribution in [3.63, 3.8) is 0 Å². The lowest BCUT2D eigenvalue weighted by Gasteiger charge is -2.31. The topological polar surface area (TPSA) is 16.1 Å². The zero-order valence-corrected chi connectivity index (χ0v) is 9.17. The maximum absolute atomic E-state index is 5.86. The van der Waals surface area contributed by atoms with Gasteiger partial charge in [-0.3, -0.25) is 0 Å². The van der Waals surface area contributed by atoms with Gasteiger partial charge in [0.2, 0.25) is 0 Å². The highest BCUT2D eigenvalue weighted by Crippen LogP contribution is 2.22. The van der Waals surface area contributed by atoms with E-state index in [-0.39, 0.29) is 0 Å². The lowest BCUT2D eigenvalue weighted by atomic mass is 10.0. The first kappa shape index (κ1) is 9.78. The Bertz CT molecular complexity index is 314. The quantitative estimate of drug-likeness (QED) is 0.663. The third-order valence-electron chi connectivity index (χ3n) is 2.68. The molecular weight excluding hydrogens is 196 g/mol. The molecule has 0 N–H and O–H groups in total. The zero-order valence-electron chi connectivity index (χ0n) is 8.41. The molecule has 2 rings (SSSR count). The summed E-state index contributed by atoms with van der Waals surface area (Å²) in [5.41, 5.74) is 0. The van der Waals surface area contributed by atoms with Crippen molar-refractivity contribution < 1.29 is 0 Å². The molecule has 1 aliphatic heterocycles. The maximum atomic E-state index is 5.86. The van der Waals surface area contributed by atoms with Gasteiger partial charge in [0.1, 0.15) is 11.0 Å². The number of pyridine rings is 1. The van der Waals surface area contributed by atoms with Crippen molar-refractivity contribution in [3.05, 3.63) is 23.4 Å². The summed E-state index contributed by atoms with van der Waals surface area (Å²) >= 11 is 5.86. The van der Waals surface area contributed by atoms with Gasteiger partial charge < -0.3 is 4.90 Å². The summed E-state index contributed by atoms with van der Waals surface area (Å²) in [6, 6.07) is 5.81. The lowest BCUT2D eigenvalue weighted by molar-refractivity contribution is 0.444. The predicted octanol–water partition coefficient (Wildman–Crippen LogP) is 2.97. The van der Waals surface area contributed by atoms with Crippen LogP contribution in [0.25, 0.3) is 0 Å². The fourth-order valence-electron chi connectivity index (χ4n) is 1.97. The van der Waals surface area contributed by atoms with Gasteiger partial charge in [0, 0.05) is 13.1 Å². The van der Waals surface area contributed by atoms with Gasteiger partial charge in [0.05, 0.1) is 0 Å². The SMILES string of the molecule is CC1CCCN(c2cccc(Cl)n2)C1. The van der Waals surface area contributed by atoms with Crippen LogP contribution >= 0.6 is 11.6 Å². The fraction of sp³-hybridized carbons (Fsp3) is 0.545. The molecule has 3 heteroatoms. The van der Waals surface area contributed by atoms with Gasteiger partial charge in [0.15, 0.2) is 0 Å². The highest BCUT2D eigenvalue weighted by molar-refractivity contribution is 6.29. The van der Waals surface area contributed by atoms with Crippen LogP contribution in [0.3, 0.4) is 0 Å². The second kappa shape index (κ2) is 4.18. The highest BCUT2D eigenvalue weighted by Gasteiger charge is 2.17. The molecule has 2 heterocycles. The van der Waals surface area contributed by atoms with Gasteiger partial charge in [-0.1, -0.05) is 24.6 Å². The Morgan fingerprint density at radius 3 is 3.07 bits per heavy atom. The zero-order chi connectivity index (χ0) is 9.97. The van der Waals surface area contributed by atoms with Crippen LogP contribution in [0.15, 0.2) is 18.2 Å². The maximum Gasteiger partial charge on any atom is 0.131 e. The summed E-state index contributed by atoms with van der Waals surface area (Å²) in [4.78, 5) is 6.64. The molecule has 0 amide bonds. The minimum Gasteiger partial charge on any atom is -0.356 e. The van der Waals surface area contributed by atoms with Gasteiger partial charge >= 0.3 is 0 Å². The molecule has 0 saturated carbocycles. The summed E-state index contributed by atoms with van der Waals surface area (Å²) in [6.07, 6.45) is 2.59. The molecule has 0 aromatic carbocycles. The van der Waals surface area contributed by atoms with Gasteiger partial charge in [-0.2, -0.15) is 0 Å². The summed E-state index contributed by atoms with van der Waals surface area (Å²) < 4.78 is 0. The van der Waals surface area contributed by atoms with Gasteiger partial charge in [-0.25, -0.2) is 4.98 Å². The Hall–Kier alpha value is -0.760. The average molecular weight is 211 g/mol. The Morgan fingerprint density at radius 2 is 2.36 bits per heavy atom. The van der Waals surface area contributed by atoms with Crippen LogP contribution in [0.2, 0.25) is 5.15 Å². The molecule has 0 aliphatic carbocycles. The van der Waals surface area contributed by atoms with E-state index in [2.05, 4.69) is 16.8 Å². The second-order valence-corrected chi connectivity index (χ2v) is 4.40. The third kappa shape index (κ3) is 2.18. The molecule has 0 radical (unpaired) electrons. The first-order valence-electron chi connectivity index (χ1n) is 5.13. The standard InChI is InChI=1S/C11H15ClN2/c1-9-4-3-7-14(8-9)11-6-2-5-10(12)13-11/h2,5-6,9H,3-4,7-8H2,1H3. The predicted molar refractivity (Wildman–Crippen MR) is 59.9 cm³/mol. The fourth-order valence-corrected chi connectivity index (χ4v) is 2.13. The number of piperidine rings is 1. The minimum absolute atomic E-state index is 0.584. The Kier molecular flexibility index (Phi) is 2.92. The molecule has 2 nitrogen and oxygen atoms in total. The first-order valence-corrected chi connectivity index (χ1v) is 5.51. The molecule has 76 valence electrons. The summed E-state index contributed by atoms with van der Waals surface area (Å²) in [6.45, 7) is 4.50. The molecule has 1 atom stereocenters. The van der Waals surface area contributed by atoms with E-state index >= 15 is 0 Å². The average Bonchev–Trinajstić information content (AvgIpc) is 2.18.